The largest absolute Gasteiger partial charge is 0.370 e. The van der Waals surface area contributed by atoms with Gasteiger partial charge in [-0.1, -0.05) is 13.8 Å². The Morgan fingerprint density at radius 3 is 2.89 bits per heavy atom. The lowest BCUT2D eigenvalue weighted by Gasteiger charge is -2.24. The van der Waals surface area contributed by atoms with Crippen LogP contribution in [0.1, 0.15) is 40.0 Å². The van der Waals surface area contributed by atoms with Crippen LogP contribution in [0.2, 0.25) is 0 Å². The Labute approximate surface area is 110 Å². The lowest BCUT2D eigenvalue weighted by molar-refractivity contribution is 0.325. The normalized spacial score (nSPS) is 19.4. The number of aromatic nitrogens is 2. The molecule has 2 rings (SSSR count). The molecule has 0 aliphatic carbocycles. The van der Waals surface area contributed by atoms with Crippen molar-refractivity contribution in [2.45, 2.75) is 40.0 Å². The molecule has 0 atom stereocenters. The summed E-state index contributed by atoms with van der Waals surface area (Å²) in [5.41, 5.74) is 0.465. The van der Waals surface area contributed by atoms with E-state index >= 15 is 0 Å². The van der Waals surface area contributed by atoms with Gasteiger partial charge in [-0.2, -0.15) is 0 Å². The van der Waals surface area contributed by atoms with Crippen LogP contribution >= 0.6 is 0 Å². The van der Waals surface area contributed by atoms with Crippen molar-refractivity contribution in [1.82, 2.24) is 9.97 Å². The second-order valence-electron chi connectivity index (χ2n) is 5.80. The van der Waals surface area contributed by atoms with Crippen molar-refractivity contribution in [1.29, 1.82) is 0 Å². The molecule has 4 heteroatoms. The standard InChI is InChI=1S/C14H24N4/c1-4-15-12-10-13(17-11-16-12)18-8-5-6-14(2,3)7-9-18/h10-11H,4-9H2,1-3H3,(H,15,16,17). The zero-order valence-corrected chi connectivity index (χ0v) is 11.7. The maximum absolute atomic E-state index is 4.41. The quantitative estimate of drug-likeness (QED) is 0.893. The molecule has 100 valence electrons. The van der Waals surface area contributed by atoms with Crippen molar-refractivity contribution >= 4 is 11.6 Å². The Morgan fingerprint density at radius 1 is 1.28 bits per heavy atom. The van der Waals surface area contributed by atoms with Crippen LogP contribution in [-0.2, 0) is 0 Å². The van der Waals surface area contributed by atoms with Crippen molar-refractivity contribution < 1.29 is 0 Å². The van der Waals surface area contributed by atoms with E-state index in [9.17, 15) is 0 Å². The van der Waals surface area contributed by atoms with Gasteiger partial charge in [0.2, 0.25) is 0 Å². The van der Waals surface area contributed by atoms with Crippen molar-refractivity contribution in [2.24, 2.45) is 5.41 Å². The molecule has 0 bridgehead atoms. The van der Waals surface area contributed by atoms with Crippen molar-refractivity contribution in [3.63, 3.8) is 0 Å². The van der Waals surface area contributed by atoms with Crippen LogP contribution in [0.4, 0.5) is 11.6 Å². The van der Waals surface area contributed by atoms with E-state index in [1.54, 1.807) is 6.33 Å². The molecule has 1 fully saturated rings. The minimum absolute atomic E-state index is 0.465. The second kappa shape index (κ2) is 5.55. The van der Waals surface area contributed by atoms with Crippen molar-refractivity contribution in [3.8, 4) is 0 Å². The molecular weight excluding hydrogens is 224 g/mol. The van der Waals surface area contributed by atoms with Crippen LogP contribution in [0, 0.1) is 5.41 Å². The second-order valence-corrected chi connectivity index (χ2v) is 5.80. The monoisotopic (exact) mass is 248 g/mol. The maximum atomic E-state index is 4.41. The fourth-order valence-corrected chi connectivity index (χ4v) is 2.45. The molecule has 0 saturated carbocycles. The zero-order chi connectivity index (χ0) is 13.0. The Morgan fingerprint density at radius 2 is 2.11 bits per heavy atom. The van der Waals surface area contributed by atoms with Crippen LogP contribution in [0.5, 0.6) is 0 Å². The number of anilines is 2. The Hall–Kier alpha value is -1.32. The summed E-state index contributed by atoms with van der Waals surface area (Å²) in [4.78, 5) is 11.0. The average molecular weight is 248 g/mol. The molecular formula is C14H24N4. The van der Waals surface area contributed by atoms with Gasteiger partial charge >= 0.3 is 0 Å². The first-order valence-electron chi connectivity index (χ1n) is 6.91. The summed E-state index contributed by atoms with van der Waals surface area (Å²) < 4.78 is 0. The molecule has 2 heterocycles. The summed E-state index contributed by atoms with van der Waals surface area (Å²) in [5, 5.41) is 3.24. The van der Waals surface area contributed by atoms with E-state index in [0.29, 0.717) is 5.41 Å². The fraction of sp³-hybridized carbons (Fsp3) is 0.714. The first-order chi connectivity index (χ1) is 8.61. The number of hydrogen-bond donors (Lipinski definition) is 1. The van der Waals surface area contributed by atoms with Gasteiger partial charge in [0.1, 0.15) is 18.0 Å². The molecule has 1 saturated heterocycles. The Balaban J connectivity index is 2.08. The highest BCUT2D eigenvalue weighted by Crippen LogP contribution is 2.31. The van der Waals surface area contributed by atoms with E-state index in [-0.39, 0.29) is 0 Å². The van der Waals surface area contributed by atoms with Gasteiger partial charge in [-0.3, -0.25) is 0 Å². The molecule has 0 radical (unpaired) electrons. The number of rotatable bonds is 3. The first-order valence-corrected chi connectivity index (χ1v) is 6.91. The molecule has 18 heavy (non-hydrogen) atoms. The third kappa shape index (κ3) is 3.34. The fourth-order valence-electron chi connectivity index (χ4n) is 2.45. The Kier molecular flexibility index (Phi) is 4.04. The molecule has 1 aliphatic rings. The predicted molar refractivity (Wildman–Crippen MR) is 76.0 cm³/mol. The molecule has 0 aromatic carbocycles. The number of nitrogens with zero attached hydrogens (tertiary/aromatic N) is 3. The van der Waals surface area contributed by atoms with E-state index in [2.05, 4.69) is 47.0 Å². The van der Waals surface area contributed by atoms with Gasteiger partial charge in [0.15, 0.2) is 0 Å². The smallest absolute Gasteiger partial charge is 0.134 e. The van der Waals surface area contributed by atoms with E-state index in [0.717, 1.165) is 31.3 Å². The topological polar surface area (TPSA) is 41.0 Å². The van der Waals surface area contributed by atoms with Crippen LogP contribution in [0.3, 0.4) is 0 Å². The van der Waals surface area contributed by atoms with Crippen molar-refractivity contribution in [3.05, 3.63) is 12.4 Å². The third-order valence-electron chi connectivity index (χ3n) is 3.67. The van der Waals surface area contributed by atoms with Gasteiger partial charge < -0.3 is 10.2 Å². The first kappa shape index (κ1) is 13.1. The Bertz CT molecular complexity index is 389. The highest BCUT2D eigenvalue weighted by molar-refractivity contribution is 5.48. The molecule has 1 aromatic rings. The minimum Gasteiger partial charge on any atom is -0.370 e. The SMILES string of the molecule is CCNc1cc(N2CCCC(C)(C)CC2)ncn1. The van der Waals surface area contributed by atoms with Crippen LogP contribution < -0.4 is 10.2 Å². The average Bonchev–Trinajstić information content (AvgIpc) is 2.51. The van der Waals surface area contributed by atoms with E-state index < -0.39 is 0 Å². The summed E-state index contributed by atoms with van der Waals surface area (Å²) in [6.45, 7) is 9.89. The molecule has 0 unspecified atom stereocenters. The third-order valence-corrected chi connectivity index (χ3v) is 3.67. The predicted octanol–water partition coefficient (Wildman–Crippen LogP) is 2.92. The summed E-state index contributed by atoms with van der Waals surface area (Å²) in [6, 6.07) is 2.06. The summed E-state index contributed by atoms with van der Waals surface area (Å²) in [7, 11) is 0. The molecule has 4 nitrogen and oxygen atoms in total. The lowest BCUT2D eigenvalue weighted by Crippen LogP contribution is -2.26. The van der Waals surface area contributed by atoms with Crippen LogP contribution in [0.15, 0.2) is 12.4 Å². The minimum atomic E-state index is 0.465. The van der Waals surface area contributed by atoms with Gasteiger partial charge in [0.05, 0.1) is 0 Å². The van der Waals surface area contributed by atoms with Gasteiger partial charge in [0, 0.05) is 25.7 Å². The van der Waals surface area contributed by atoms with Gasteiger partial charge in [-0.15, -0.1) is 0 Å². The summed E-state index contributed by atoms with van der Waals surface area (Å²) in [5.74, 6) is 1.98. The summed E-state index contributed by atoms with van der Waals surface area (Å²) in [6.07, 6.45) is 5.43. The van der Waals surface area contributed by atoms with Gasteiger partial charge in [-0.25, -0.2) is 9.97 Å². The van der Waals surface area contributed by atoms with E-state index in [1.165, 1.54) is 19.3 Å². The van der Waals surface area contributed by atoms with Gasteiger partial charge in [-0.05, 0) is 31.6 Å². The van der Waals surface area contributed by atoms with E-state index in [4.69, 9.17) is 0 Å². The molecule has 1 aliphatic heterocycles. The highest BCUT2D eigenvalue weighted by atomic mass is 15.2. The number of hydrogen-bond acceptors (Lipinski definition) is 4. The molecule has 1 aromatic heterocycles. The summed E-state index contributed by atoms with van der Waals surface area (Å²) >= 11 is 0. The molecule has 0 spiro atoms. The van der Waals surface area contributed by atoms with Crippen LogP contribution in [0.25, 0.3) is 0 Å². The van der Waals surface area contributed by atoms with Gasteiger partial charge in [0.25, 0.3) is 0 Å². The molecule has 1 N–H and O–H groups in total. The molecule has 0 amide bonds. The van der Waals surface area contributed by atoms with Crippen molar-refractivity contribution in [2.75, 3.05) is 29.9 Å². The van der Waals surface area contributed by atoms with Crippen LogP contribution in [-0.4, -0.2) is 29.6 Å². The zero-order valence-electron chi connectivity index (χ0n) is 11.7. The lowest BCUT2D eigenvalue weighted by atomic mass is 9.85. The van der Waals surface area contributed by atoms with E-state index in [1.807, 2.05) is 0 Å². The highest BCUT2D eigenvalue weighted by Gasteiger charge is 2.23. The number of nitrogens with one attached hydrogen (secondary N) is 1. The maximum Gasteiger partial charge on any atom is 0.134 e.